The molecule has 1 aliphatic carbocycles. The second-order valence-electron chi connectivity index (χ2n) is 9.64. The Morgan fingerprint density at radius 1 is 0.806 bits per heavy atom. The summed E-state index contributed by atoms with van der Waals surface area (Å²) in [5, 5.41) is 0. The molecule has 2 aromatic carbocycles. The van der Waals surface area contributed by atoms with E-state index in [1.807, 2.05) is 12.1 Å². The Balaban J connectivity index is 1.21. The van der Waals surface area contributed by atoms with Gasteiger partial charge in [-0.25, -0.2) is 8.78 Å². The number of benzene rings is 2. The Morgan fingerprint density at radius 2 is 1.45 bits per heavy atom. The maximum atomic E-state index is 13.5. The van der Waals surface area contributed by atoms with E-state index in [0.29, 0.717) is 0 Å². The van der Waals surface area contributed by atoms with Crippen molar-refractivity contribution >= 4 is 8.80 Å². The van der Waals surface area contributed by atoms with E-state index >= 15 is 0 Å². The zero-order valence-electron chi connectivity index (χ0n) is 18.8. The van der Waals surface area contributed by atoms with Crippen LogP contribution in [-0.2, 0) is 6.42 Å². The van der Waals surface area contributed by atoms with Crippen LogP contribution in [0.3, 0.4) is 0 Å². The number of aryl methyl sites for hydroxylation is 1. The van der Waals surface area contributed by atoms with Crippen LogP contribution in [-0.4, -0.2) is 8.80 Å². The number of halogens is 2. The molecule has 0 bridgehead atoms. The lowest BCUT2D eigenvalue weighted by Crippen LogP contribution is -2.28. The van der Waals surface area contributed by atoms with Gasteiger partial charge in [-0.2, -0.15) is 0 Å². The molecule has 0 amide bonds. The van der Waals surface area contributed by atoms with Crippen molar-refractivity contribution in [3.63, 3.8) is 0 Å². The highest BCUT2D eigenvalue weighted by atomic mass is 28.3. The van der Waals surface area contributed by atoms with Crippen molar-refractivity contribution < 1.29 is 8.78 Å². The lowest BCUT2D eigenvalue weighted by Gasteiger charge is -2.37. The molecule has 0 N–H and O–H groups in total. The van der Waals surface area contributed by atoms with Gasteiger partial charge in [0.05, 0.1) is 8.80 Å². The van der Waals surface area contributed by atoms with E-state index in [1.165, 1.54) is 74.7 Å². The summed E-state index contributed by atoms with van der Waals surface area (Å²) >= 11 is 0. The Bertz CT molecular complexity index is 857. The van der Waals surface area contributed by atoms with Gasteiger partial charge in [-0.15, -0.1) is 5.70 Å². The van der Waals surface area contributed by atoms with Crippen molar-refractivity contribution in [1.29, 1.82) is 0 Å². The van der Waals surface area contributed by atoms with Gasteiger partial charge in [0.15, 0.2) is 11.6 Å². The Morgan fingerprint density at radius 3 is 2.10 bits per heavy atom. The number of hydrogen-bond acceptors (Lipinski definition) is 0. The molecule has 0 spiro atoms. The van der Waals surface area contributed by atoms with Crippen LogP contribution in [0.2, 0.25) is 12.1 Å². The minimum Gasteiger partial charge on any atom is -0.204 e. The smallest absolute Gasteiger partial charge is 0.159 e. The van der Waals surface area contributed by atoms with Crippen molar-refractivity contribution in [3.8, 4) is 11.1 Å². The third-order valence-electron chi connectivity index (χ3n) is 7.68. The summed E-state index contributed by atoms with van der Waals surface area (Å²) in [7, 11) is -0.159. The second kappa shape index (κ2) is 10.7. The minimum atomic E-state index is -0.794. The lowest BCUT2D eigenvalue weighted by atomic mass is 9.73. The summed E-state index contributed by atoms with van der Waals surface area (Å²) in [6.45, 7) is 2.17. The summed E-state index contributed by atoms with van der Waals surface area (Å²) in [5.41, 5.74) is 5.53. The SMILES string of the molecule is C/C=C\[Si]1CCC(C2CCC(CCc3ccc(-c4ccc(F)c(F)c4)cc3)CC2)CC1. The highest BCUT2D eigenvalue weighted by Crippen LogP contribution is 2.41. The summed E-state index contributed by atoms with van der Waals surface area (Å²) in [4.78, 5) is 0. The van der Waals surface area contributed by atoms with Gasteiger partial charge in [0.1, 0.15) is 0 Å². The van der Waals surface area contributed by atoms with Crippen LogP contribution >= 0.6 is 0 Å². The van der Waals surface area contributed by atoms with Gasteiger partial charge in [0.25, 0.3) is 0 Å². The molecule has 3 heteroatoms. The molecular weight excluding hydrogens is 402 g/mol. The Kier molecular flexibility index (Phi) is 7.76. The van der Waals surface area contributed by atoms with Crippen LogP contribution in [0.5, 0.6) is 0 Å². The number of hydrogen-bond donors (Lipinski definition) is 0. The van der Waals surface area contributed by atoms with E-state index in [9.17, 15) is 8.78 Å². The van der Waals surface area contributed by atoms with Gasteiger partial charge in [0, 0.05) is 0 Å². The third kappa shape index (κ3) is 5.94. The van der Waals surface area contributed by atoms with Gasteiger partial charge in [-0.3, -0.25) is 0 Å². The molecule has 2 aromatic rings. The molecular formula is C28H35F2Si. The van der Waals surface area contributed by atoms with Crippen molar-refractivity contribution in [2.45, 2.75) is 70.4 Å². The molecule has 0 atom stereocenters. The maximum Gasteiger partial charge on any atom is 0.159 e. The van der Waals surface area contributed by atoms with E-state index < -0.39 is 11.6 Å². The standard InChI is InChI=1S/C28H35F2Si/c1-2-17-31-18-15-25(16-19-31)23-9-5-21(6-10-23)3-4-22-7-11-24(12-8-22)26-13-14-27(29)28(30)20-26/h2,7-8,11-14,17,20-21,23,25H,3-6,9-10,15-16,18-19H2,1H3/b17-2-. The predicted octanol–water partition coefficient (Wildman–Crippen LogP) is 8.39. The van der Waals surface area contributed by atoms with Gasteiger partial charge < -0.3 is 0 Å². The van der Waals surface area contributed by atoms with E-state index in [1.54, 1.807) is 6.07 Å². The van der Waals surface area contributed by atoms with Crippen LogP contribution in [0.1, 0.15) is 57.4 Å². The van der Waals surface area contributed by atoms with E-state index in [4.69, 9.17) is 0 Å². The van der Waals surface area contributed by atoms with Gasteiger partial charge in [-0.05, 0) is 79.2 Å². The first kappa shape index (κ1) is 22.5. The third-order valence-corrected chi connectivity index (χ3v) is 10.3. The van der Waals surface area contributed by atoms with Crippen LogP contribution in [0, 0.1) is 29.4 Å². The molecule has 31 heavy (non-hydrogen) atoms. The second-order valence-corrected chi connectivity index (χ2v) is 12.3. The highest BCUT2D eigenvalue weighted by Gasteiger charge is 2.30. The zero-order valence-corrected chi connectivity index (χ0v) is 19.8. The molecule has 1 saturated heterocycles. The molecule has 1 saturated carbocycles. The molecule has 4 rings (SSSR count). The van der Waals surface area contributed by atoms with E-state index in [-0.39, 0.29) is 8.80 Å². The molecule has 1 aliphatic heterocycles. The number of allylic oxidation sites excluding steroid dienone is 1. The highest BCUT2D eigenvalue weighted by molar-refractivity contribution is 6.64. The molecule has 0 nitrogen and oxygen atoms in total. The molecule has 0 unspecified atom stereocenters. The van der Waals surface area contributed by atoms with E-state index in [0.717, 1.165) is 35.3 Å². The average molecular weight is 438 g/mol. The fourth-order valence-electron chi connectivity index (χ4n) is 5.74. The lowest BCUT2D eigenvalue weighted by molar-refractivity contribution is 0.186. The summed E-state index contributed by atoms with van der Waals surface area (Å²) < 4.78 is 26.6. The van der Waals surface area contributed by atoms with Crippen LogP contribution in [0.4, 0.5) is 8.78 Å². The molecule has 1 heterocycles. The van der Waals surface area contributed by atoms with Crippen molar-refractivity contribution in [3.05, 3.63) is 71.4 Å². The summed E-state index contributed by atoms with van der Waals surface area (Å²) in [5.74, 6) is 1.28. The Labute approximate surface area is 188 Å². The average Bonchev–Trinajstić information content (AvgIpc) is 2.81. The minimum absolute atomic E-state index is 0.159. The topological polar surface area (TPSA) is 0 Å². The summed E-state index contributed by atoms with van der Waals surface area (Å²) in [6, 6.07) is 15.5. The molecule has 165 valence electrons. The monoisotopic (exact) mass is 437 g/mol. The molecule has 2 fully saturated rings. The largest absolute Gasteiger partial charge is 0.204 e. The zero-order chi connectivity index (χ0) is 21.6. The van der Waals surface area contributed by atoms with Gasteiger partial charge in [-0.1, -0.05) is 74.2 Å². The van der Waals surface area contributed by atoms with Crippen LogP contribution < -0.4 is 0 Å². The van der Waals surface area contributed by atoms with Crippen molar-refractivity contribution in [2.24, 2.45) is 17.8 Å². The van der Waals surface area contributed by atoms with E-state index in [2.05, 4.69) is 30.8 Å². The van der Waals surface area contributed by atoms with Crippen molar-refractivity contribution in [2.75, 3.05) is 0 Å². The van der Waals surface area contributed by atoms with Crippen molar-refractivity contribution in [1.82, 2.24) is 0 Å². The Hall–Kier alpha value is -1.74. The summed E-state index contributed by atoms with van der Waals surface area (Å²) in [6.07, 6.45) is 13.3. The normalized spacial score (nSPS) is 23.5. The quantitative estimate of drug-likeness (QED) is 0.398. The first-order chi connectivity index (χ1) is 15.1. The van der Waals surface area contributed by atoms with Crippen LogP contribution in [0.25, 0.3) is 11.1 Å². The maximum absolute atomic E-state index is 13.5. The fourth-order valence-corrected chi connectivity index (χ4v) is 8.28. The van der Waals surface area contributed by atoms with Crippen LogP contribution in [0.15, 0.2) is 54.2 Å². The number of rotatable bonds is 6. The first-order valence-corrected chi connectivity index (χ1v) is 14.1. The van der Waals surface area contributed by atoms with Gasteiger partial charge in [0.2, 0.25) is 0 Å². The first-order valence-electron chi connectivity index (χ1n) is 12.1. The predicted molar refractivity (Wildman–Crippen MR) is 128 cm³/mol. The van der Waals surface area contributed by atoms with Gasteiger partial charge >= 0.3 is 0 Å². The molecule has 2 aliphatic rings. The fraction of sp³-hybridized carbons (Fsp3) is 0.500. The molecule has 0 aromatic heterocycles. The molecule has 1 radical (unpaired) electrons.